The van der Waals surface area contributed by atoms with Crippen molar-refractivity contribution in [2.24, 2.45) is 24.3 Å². The van der Waals surface area contributed by atoms with Gasteiger partial charge in [-0.1, -0.05) is 0 Å². The topological polar surface area (TPSA) is 60.8 Å². The normalized spacial score (nSPS) is 11.3. The van der Waals surface area contributed by atoms with Crippen molar-refractivity contribution in [3.8, 4) is 11.5 Å². The summed E-state index contributed by atoms with van der Waals surface area (Å²) in [6, 6.07) is 15.6. The quantitative estimate of drug-likeness (QED) is 0.0802. The molecule has 0 fully saturated rings. The minimum Gasteiger partial charge on any atom is -0.494 e. The van der Waals surface area contributed by atoms with Gasteiger partial charge in [-0.3, -0.25) is 0 Å². The Kier molecular flexibility index (Phi) is 11.8. The Hall–Kier alpha value is -3.94. The van der Waals surface area contributed by atoms with E-state index in [1.807, 2.05) is 48.5 Å². The van der Waals surface area contributed by atoms with E-state index in [0.717, 1.165) is 62.0 Å². The van der Waals surface area contributed by atoms with E-state index in [1.54, 1.807) is 0 Å². The summed E-state index contributed by atoms with van der Waals surface area (Å²) in [5, 5.41) is 8.71. The fraction of sp³-hybridized carbons (Fsp3) is 0.438. The van der Waals surface area contributed by atoms with Crippen molar-refractivity contribution < 1.29 is 18.6 Å². The van der Waals surface area contributed by atoms with Crippen LogP contribution in [0.5, 0.6) is 11.5 Å². The van der Waals surface area contributed by atoms with Gasteiger partial charge in [-0.15, -0.1) is 0 Å². The van der Waals surface area contributed by atoms with Gasteiger partial charge < -0.3 is 9.47 Å². The van der Waals surface area contributed by atoms with Crippen molar-refractivity contribution in [1.82, 2.24) is 9.13 Å². The number of aryl methyl sites for hydroxylation is 4. The van der Waals surface area contributed by atoms with Crippen LogP contribution in [0.25, 0.3) is 0 Å². The molecule has 8 heteroatoms. The summed E-state index contributed by atoms with van der Waals surface area (Å²) in [5.41, 5.74) is 1.61. The second-order valence-corrected chi connectivity index (χ2v) is 10.3. The van der Waals surface area contributed by atoms with Crippen LogP contribution < -0.4 is 18.6 Å². The van der Waals surface area contributed by atoms with Gasteiger partial charge in [-0.2, -0.15) is 10.2 Å². The molecule has 8 nitrogen and oxygen atoms in total. The van der Waals surface area contributed by atoms with Crippen LogP contribution in [-0.4, -0.2) is 22.3 Å². The number of rotatable bonds is 18. The van der Waals surface area contributed by atoms with Gasteiger partial charge in [-0.25, -0.2) is 18.3 Å². The van der Waals surface area contributed by atoms with E-state index >= 15 is 0 Å². The van der Waals surface area contributed by atoms with Crippen LogP contribution >= 0.6 is 0 Å². The summed E-state index contributed by atoms with van der Waals surface area (Å²) in [7, 11) is 4.10. The van der Waals surface area contributed by atoms with Crippen molar-refractivity contribution in [2.45, 2.75) is 64.5 Å². The fourth-order valence-corrected chi connectivity index (χ4v) is 4.48. The lowest BCUT2D eigenvalue weighted by Crippen LogP contribution is -2.23. The predicted molar refractivity (Wildman–Crippen MR) is 156 cm³/mol. The molecule has 0 amide bonds. The SMILES string of the molecule is C[n+]1ccn(CCCCCCOc2ccc(N=Nc3ccc(OCCCCCCn4cc[n+](C)c4)cc3)cc2)c1. The number of azo groups is 1. The molecule has 40 heavy (non-hydrogen) atoms. The monoisotopic (exact) mass is 544 g/mol. The van der Waals surface area contributed by atoms with Gasteiger partial charge in [0.1, 0.15) is 36.3 Å². The van der Waals surface area contributed by atoms with Crippen molar-refractivity contribution in [3.63, 3.8) is 0 Å². The Labute approximate surface area is 238 Å². The molecule has 0 aliphatic heterocycles. The summed E-state index contributed by atoms with van der Waals surface area (Å²) >= 11 is 0. The molecule has 0 aliphatic carbocycles. The molecule has 212 valence electrons. The second-order valence-electron chi connectivity index (χ2n) is 10.3. The Morgan fingerprint density at radius 3 is 1.32 bits per heavy atom. The highest BCUT2D eigenvalue weighted by Gasteiger charge is 2.02. The van der Waals surface area contributed by atoms with Gasteiger partial charge in [0.2, 0.25) is 12.7 Å². The van der Waals surface area contributed by atoms with Crippen LogP contribution in [0.3, 0.4) is 0 Å². The van der Waals surface area contributed by atoms with Crippen molar-refractivity contribution in [3.05, 3.63) is 86.0 Å². The average Bonchev–Trinajstić information content (AvgIpc) is 3.59. The third kappa shape index (κ3) is 10.7. The molecule has 0 saturated heterocycles. The summed E-state index contributed by atoms with van der Waals surface area (Å²) in [6.07, 6.45) is 21.9. The van der Waals surface area contributed by atoms with Crippen LogP contribution in [0.15, 0.2) is 96.2 Å². The molecule has 2 aromatic carbocycles. The molecule has 0 aliphatic rings. The Bertz CT molecular complexity index is 1180. The molecule has 4 rings (SSSR count). The summed E-state index contributed by atoms with van der Waals surface area (Å²) in [5.74, 6) is 1.74. The standard InChI is InChI=1S/C32H44N6O2/c1-35-21-23-37(27-35)19-7-3-5-9-25-39-31-15-11-29(12-16-31)33-34-30-13-17-32(18-14-30)40-26-10-6-4-8-20-38-24-22-36(2)28-38/h11-18,21-24,27-28H,3-10,19-20,25-26H2,1-2H3/q+2. The summed E-state index contributed by atoms with van der Waals surface area (Å²) < 4.78 is 20.4. The molecule has 0 N–H and O–H groups in total. The van der Waals surface area contributed by atoms with Crippen molar-refractivity contribution in [2.75, 3.05) is 13.2 Å². The van der Waals surface area contributed by atoms with Gasteiger partial charge in [0.15, 0.2) is 0 Å². The highest BCUT2D eigenvalue weighted by molar-refractivity contribution is 5.44. The van der Waals surface area contributed by atoms with Crippen molar-refractivity contribution >= 4 is 11.4 Å². The van der Waals surface area contributed by atoms with Crippen LogP contribution in [0.4, 0.5) is 11.4 Å². The zero-order valence-corrected chi connectivity index (χ0v) is 24.1. The molecule has 0 spiro atoms. The zero-order chi connectivity index (χ0) is 27.8. The first-order valence-electron chi connectivity index (χ1n) is 14.5. The number of hydrogen-bond acceptors (Lipinski definition) is 4. The van der Waals surface area contributed by atoms with E-state index in [4.69, 9.17) is 9.47 Å². The second kappa shape index (κ2) is 16.2. The third-order valence-corrected chi connectivity index (χ3v) is 6.76. The molecule has 0 radical (unpaired) electrons. The number of hydrogen-bond donors (Lipinski definition) is 0. The molecule has 4 aromatic rings. The van der Waals surface area contributed by atoms with E-state index < -0.39 is 0 Å². The maximum Gasteiger partial charge on any atom is 0.243 e. The number of nitrogens with zero attached hydrogens (tertiary/aromatic N) is 6. The molecule has 2 aromatic heterocycles. The van der Waals surface area contributed by atoms with Crippen LogP contribution in [0.1, 0.15) is 51.4 Å². The lowest BCUT2D eigenvalue weighted by Gasteiger charge is -2.06. The Morgan fingerprint density at radius 2 is 0.950 bits per heavy atom. The zero-order valence-electron chi connectivity index (χ0n) is 24.1. The van der Waals surface area contributed by atoms with Crippen LogP contribution in [0.2, 0.25) is 0 Å². The molecular formula is C32H44N6O2+2. The minimum atomic E-state index is 0.737. The first-order valence-corrected chi connectivity index (χ1v) is 14.5. The van der Waals surface area contributed by atoms with Crippen LogP contribution in [-0.2, 0) is 27.2 Å². The van der Waals surface area contributed by atoms with E-state index in [1.165, 1.54) is 38.5 Å². The highest BCUT2D eigenvalue weighted by atomic mass is 16.5. The van der Waals surface area contributed by atoms with Gasteiger partial charge in [0.05, 0.1) is 51.8 Å². The molecule has 0 unspecified atom stereocenters. The fourth-order valence-electron chi connectivity index (χ4n) is 4.48. The maximum absolute atomic E-state index is 5.89. The molecule has 0 atom stereocenters. The highest BCUT2D eigenvalue weighted by Crippen LogP contribution is 2.23. The van der Waals surface area contributed by atoms with Gasteiger partial charge >= 0.3 is 0 Å². The number of unbranched alkanes of at least 4 members (excludes halogenated alkanes) is 6. The van der Waals surface area contributed by atoms with E-state index in [2.05, 4.69) is 80.0 Å². The number of imidazole rings is 2. The number of ether oxygens (including phenoxy) is 2. The van der Waals surface area contributed by atoms with Crippen molar-refractivity contribution in [1.29, 1.82) is 0 Å². The lowest BCUT2D eigenvalue weighted by atomic mass is 10.2. The average molecular weight is 545 g/mol. The van der Waals surface area contributed by atoms with E-state index in [-0.39, 0.29) is 0 Å². The minimum absolute atomic E-state index is 0.737. The molecule has 0 bridgehead atoms. The third-order valence-electron chi connectivity index (χ3n) is 6.76. The van der Waals surface area contributed by atoms with Gasteiger partial charge in [-0.05, 0) is 99.9 Å². The molecule has 0 saturated carbocycles. The maximum atomic E-state index is 5.89. The number of benzene rings is 2. The smallest absolute Gasteiger partial charge is 0.243 e. The first kappa shape index (κ1) is 29.1. The van der Waals surface area contributed by atoms with E-state index in [0.29, 0.717) is 0 Å². The summed E-state index contributed by atoms with van der Waals surface area (Å²) in [4.78, 5) is 0. The Balaban J connectivity index is 1.04. The largest absolute Gasteiger partial charge is 0.494 e. The van der Waals surface area contributed by atoms with Crippen LogP contribution in [0, 0.1) is 0 Å². The summed E-state index contributed by atoms with van der Waals surface area (Å²) in [6.45, 7) is 3.62. The first-order chi connectivity index (χ1) is 19.6. The van der Waals surface area contributed by atoms with E-state index in [9.17, 15) is 0 Å². The molecule has 2 heterocycles. The lowest BCUT2D eigenvalue weighted by molar-refractivity contribution is -0.671. The van der Waals surface area contributed by atoms with Gasteiger partial charge in [0, 0.05) is 0 Å². The predicted octanol–water partition coefficient (Wildman–Crippen LogP) is 6.63. The molecular weight excluding hydrogens is 500 g/mol. The van der Waals surface area contributed by atoms with Gasteiger partial charge in [0.25, 0.3) is 0 Å². The number of aromatic nitrogens is 4. The Morgan fingerprint density at radius 1 is 0.550 bits per heavy atom.